The van der Waals surface area contributed by atoms with Gasteiger partial charge in [-0.1, -0.05) is 19.9 Å². The minimum absolute atomic E-state index is 0.0349. The summed E-state index contributed by atoms with van der Waals surface area (Å²) in [5, 5.41) is 0. The van der Waals surface area contributed by atoms with E-state index in [1.54, 1.807) is 19.9 Å². The third-order valence-corrected chi connectivity index (χ3v) is 9.26. The van der Waals surface area contributed by atoms with Gasteiger partial charge in [0.05, 0.1) is 12.2 Å². The summed E-state index contributed by atoms with van der Waals surface area (Å²) >= 11 is 0. The van der Waals surface area contributed by atoms with Crippen molar-refractivity contribution < 1.29 is 52.4 Å². The molecule has 3 rings (SSSR count). The van der Waals surface area contributed by atoms with Gasteiger partial charge in [-0.05, 0) is 26.7 Å². The molecule has 0 radical (unpaired) electrons. The molecule has 0 aromatic heterocycles. The van der Waals surface area contributed by atoms with E-state index in [1.165, 1.54) is 34.6 Å². The van der Waals surface area contributed by atoms with Crippen LogP contribution in [0.1, 0.15) is 81.6 Å². The summed E-state index contributed by atoms with van der Waals surface area (Å²) in [4.78, 5) is 62.2. The third-order valence-electron chi connectivity index (χ3n) is 9.26. The predicted molar refractivity (Wildman–Crippen MR) is 144 cm³/mol. The van der Waals surface area contributed by atoms with E-state index in [0.717, 1.165) is 0 Å². The van der Waals surface area contributed by atoms with Gasteiger partial charge in [0, 0.05) is 63.7 Å². The first-order chi connectivity index (χ1) is 18.8. The number of fused-ring (bicyclic) bond motifs is 3. The Hall–Kier alpha value is -2.95. The lowest BCUT2D eigenvalue weighted by molar-refractivity contribution is -0.357. The molecular weight excluding hydrogens is 536 g/mol. The van der Waals surface area contributed by atoms with Gasteiger partial charge in [0.15, 0.2) is 6.10 Å². The van der Waals surface area contributed by atoms with Crippen LogP contribution in [0.25, 0.3) is 0 Å². The highest BCUT2D eigenvalue weighted by Crippen LogP contribution is 2.67. The minimum Gasteiger partial charge on any atom is -0.465 e. The molecule has 1 aliphatic heterocycles. The highest BCUT2D eigenvalue weighted by Gasteiger charge is 2.76. The van der Waals surface area contributed by atoms with Crippen molar-refractivity contribution in [2.75, 3.05) is 6.61 Å². The molecule has 1 saturated heterocycles. The SMILES string of the molecule is C=C[C@@]1(C)C[C@@H](OC(C)=O)[C@H]2[C@](C)(O1)[C@@H](OC(C)=O)[C@@H](OC(C)=O)[C@H]1[C@@](C)(COC(C)=O)CC[C@@H](OC(C)=O)[C@@]12C. The molecule has 0 spiro atoms. The first-order valence-electron chi connectivity index (χ1n) is 14.0. The molecule has 0 aromatic carbocycles. The molecule has 11 heteroatoms. The number of ether oxygens (including phenoxy) is 6. The van der Waals surface area contributed by atoms with Crippen molar-refractivity contribution in [2.45, 2.75) is 117 Å². The zero-order valence-electron chi connectivity index (χ0n) is 25.6. The Labute approximate surface area is 241 Å². The van der Waals surface area contributed by atoms with Gasteiger partial charge in [-0.2, -0.15) is 0 Å². The predicted octanol–water partition coefficient (Wildman–Crippen LogP) is 3.45. The maximum absolute atomic E-state index is 12.7. The lowest BCUT2D eigenvalue weighted by atomic mass is 9.41. The van der Waals surface area contributed by atoms with Crippen molar-refractivity contribution >= 4 is 29.8 Å². The summed E-state index contributed by atoms with van der Waals surface area (Å²) in [6.45, 7) is 17.7. The summed E-state index contributed by atoms with van der Waals surface area (Å²) in [5.74, 6) is -4.22. The molecule has 0 aromatic rings. The number of carbonyl (C=O) groups excluding carboxylic acids is 5. The Balaban J connectivity index is 2.43. The van der Waals surface area contributed by atoms with Crippen LogP contribution in [-0.2, 0) is 52.4 Å². The van der Waals surface area contributed by atoms with Crippen LogP contribution in [0.4, 0.5) is 0 Å². The first kappa shape index (κ1) is 32.6. The van der Waals surface area contributed by atoms with Gasteiger partial charge in [0.2, 0.25) is 0 Å². The van der Waals surface area contributed by atoms with Crippen molar-refractivity contribution in [1.29, 1.82) is 0 Å². The molecule has 10 atom stereocenters. The molecule has 41 heavy (non-hydrogen) atoms. The van der Waals surface area contributed by atoms with E-state index in [-0.39, 0.29) is 13.0 Å². The van der Waals surface area contributed by atoms with Crippen molar-refractivity contribution in [2.24, 2.45) is 22.7 Å². The van der Waals surface area contributed by atoms with Crippen LogP contribution in [0.3, 0.4) is 0 Å². The van der Waals surface area contributed by atoms with Crippen LogP contribution < -0.4 is 0 Å². The van der Waals surface area contributed by atoms with Crippen molar-refractivity contribution in [3.05, 3.63) is 12.7 Å². The summed E-state index contributed by atoms with van der Waals surface area (Å²) in [6.07, 6.45) is -1.18. The Morgan fingerprint density at radius 2 is 1.37 bits per heavy atom. The topological polar surface area (TPSA) is 141 Å². The number of esters is 5. The second-order valence-electron chi connectivity index (χ2n) is 12.7. The fourth-order valence-electron chi connectivity index (χ4n) is 8.22. The number of rotatable bonds is 7. The molecule has 230 valence electrons. The molecule has 0 N–H and O–H groups in total. The second-order valence-corrected chi connectivity index (χ2v) is 12.7. The maximum Gasteiger partial charge on any atom is 0.303 e. The number of hydrogen-bond donors (Lipinski definition) is 0. The van der Waals surface area contributed by atoms with Crippen LogP contribution >= 0.6 is 0 Å². The van der Waals surface area contributed by atoms with Gasteiger partial charge in [0.1, 0.15) is 23.9 Å². The van der Waals surface area contributed by atoms with Crippen molar-refractivity contribution in [3.8, 4) is 0 Å². The molecule has 3 fully saturated rings. The smallest absolute Gasteiger partial charge is 0.303 e. The van der Waals surface area contributed by atoms with Gasteiger partial charge in [0.25, 0.3) is 0 Å². The quantitative estimate of drug-likeness (QED) is 0.248. The van der Waals surface area contributed by atoms with E-state index in [0.29, 0.717) is 12.8 Å². The molecule has 3 aliphatic rings. The highest BCUT2D eigenvalue weighted by molar-refractivity contribution is 5.69. The van der Waals surface area contributed by atoms with Gasteiger partial charge in [-0.3, -0.25) is 24.0 Å². The number of hydrogen-bond acceptors (Lipinski definition) is 11. The van der Waals surface area contributed by atoms with E-state index in [9.17, 15) is 24.0 Å². The van der Waals surface area contributed by atoms with Crippen LogP contribution in [-0.4, -0.2) is 72.1 Å². The zero-order chi connectivity index (χ0) is 31.1. The molecular formula is C30H44O11. The fraction of sp³-hybridized carbons (Fsp3) is 0.767. The van der Waals surface area contributed by atoms with Crippen molar-refractivity contribution in [3.63, 3.8) is 0 Å². The third kappa shape index (κ3) is 6.01. The summed E-state index contributed by atoms with van der Waals surface area (Å²) in [6, 6.07) is 0. The lowest BCUT2D eigenvalue weighted by Crippen LogP contribution is -2.79. The zero-order valence-corrected chi connectivity index (χ0v) is 25.6. The van der Waals surface area contributed by atoms with Crippen molar-refractivity contribution in [1.82, 2.24) is 0 Å². The monoisotopic (exact) mass is 580 g/mol. The molecule has 2 aliphatic carbocycles. The molecule has 0 amide bonds. The Morgan fingerprint density at radius 3 is 1.85 bits per heavy atom. The first-order valence-corrected chi connectivity index (χ1v) is 14.0. The van der Waals surface area contributed by atoms with Gasteiger partial charge in [-0.15, -0.1) is 6.58 Å². The Kier molecular flexibility index (Phi) is 9.04. The van der Waals surface area contributed by atoms with Crippen LogP contribution in [0.5, 0.6) is 0 Å². The van der Waals surface area contributed by atoms with Gasteiger partial charge in [-0.25, -0.2) is 0 Å². The maximum atomic E-state index is 12.7. The highest BCUT2D eigenvalue weighted by atomic mass is 16.6. The van der Waals surface area contributed by atoms with Gasteiger partial charge >= 0.3 is 29.8 Å². The van der Waals surface area contributed by atoms with Crippen LogP contribution in [0.15, 0.2) is 12.7 Å². The van der Waals surface area contributed by atoms with E-state index in [2.05, 4.69) is 6.58 Å². The molecule has 11 nitrogen and oxygen atoms in total. The van der Waals surface area contributed by atoms with E-state index in [4.69, 9.17) is 28.4 Å². The average molecular weight is 581 g/mol. The molecule has 1 heterocycles. The second kappa shape index (κ2) is 11.4. The summed E-state index contributed by atoms with van der Waals surface area (Å²) < 4.78 is 36.3. The van der Waals surface area contributed by atoms with E-state index in [1.807, 2.05) is 13.8 Å². The number of carbonyl (C=O) groups is 5. The van der Waals surface area contributed by atoms with E-state index >= 15 is 0 Å². The fourth-order valence-corrected chi connectivity index (χ4v) is 8.22. The Morgan fingerprint density at radius 1 is 0.805 bits per heavy atom. The average Bonchev–Trinajstić information content (AvgIpc) is 2.80. The standard InChI is InChI=1S/C30H44O11/c1-11-28(8)14-21(37-17(3)32)24-29(9)22(38-18(4)33)12-13-27(7,15-36-16(2)31)25(29)23(39-19(5)34)26(40-20(6)35)30(24,10)41-28/h11,21-26H,1,12-15H2,2-10H3/t21-,22-,23+,24-,25+,26+,27-,28+,29-,30+/m1/s1. The molecule has 0 bridgehead atoms. The summed E-state index contributed by atoms with van der Waals surface area (Å²) in [7, 11) is 0. The normalized spacial score (nSPS) is 41.5. The Bertz CT molecular complexity index is 1100. The van der Waals surface area contributed by atoms with Gasteiger partial charge < -0.3 is 28.4 Å². The van der Waals surface area contributed by atoms with Crippen LogP contribution in [0, 0.1) is 22.7 Å². The lowest BCUT2D eigenvalue weighted by Gasteiger charge is -2.70. The van der Waals surface area contributed by atoms with Crippen LogP contribution in [0.2, 0.25) is 0 Å². The van der Waals surface area contributed by atoms with E-state index < -0.39 is 88.1 Å². The largest absolute Gasteiger partial charge is 0.465 e. The summed E-state index contributed by atoms with van der Waals surface area (Å²) in [5.41, 5.74) is -4.37. The molecule has 0 unspecified atom stereocenters. The molecule has 2 saturated carbocycles. The minimum atomic E-state index is -1.42.